The summed E-state index contributed by atoms with van der Waals surface area (Å²) in [5, 5.41) is 10.9. The van der Waals surface area contributed by atoms with Gasteiger partial charge in [0.1, 0.15) is 11.4 Å². The second-order valence-corrected chi connectivity index (χ2v) is 7.04. The average Bonchev–Trinajstić information content (AvgIpc) is 3.49. The molecule has 0 spiro atoms. The zero-order valence-electron chi connectivity index (χ0n) is 14.9. The van der Waals surface area contributed by atoms with Crippen LogP contribution in [0, 0.1) is 23.7 Å². The summed E-state index contributed by atoms with van der Waals surface area (Å²) < 4.78 is 47.1. The summed E-state index contributed by atoms with van der Waals surface area (Å²) in [5.74, 6) is 5.56. The summed E-state index contributed by atoms with van der Waals surface area (Å²) in [5.41, 5.74) is -0.557. The maximum atomic E-state index is 12.4. The van der Waals surface area contributed by atoms with Crippen LogP contribution < -0.4 is 4.74 Å². The van der Waals surface area contributed by atoms with Gasteiger partial charge in [0, 0.05) is 0 Å². The maximum absolute atomic E-state index is 12.4. The molecule has 0 heterocycles. The molecule has 2 aliphatic carbocycles. The summed E-state index contributed by atoms with van der Waals surface area (Å²) in [4.78, 5) is 11.7. The van der Waals surface area contributed by atoms with Crippen LogP contribution in [-0.4, -0.2) is 36.6 Å². The third-order valence-corrected chi connectivity index (χ3v) is 4.84. The zero-order chi connectivity index (χ0) is 19.7. The Morgan fingerprint density at radius 2 is 1.85 bits per heavy atom. The van der Waals surface area contributed by atoms with E-state index in [4.69, 9.17) is 4.74 Å². The van der Waals surface area contributed by atoms with E-state index in [-0.39, 0.29) is 23.1 Å². The molecule has 0 bridgehead atoms. The number of ether oxygens (including phenoxy) is 2. The first-order valence-electron chi connectivity index (χ1n) is 8.90. The van der Waals surface area contributed by atoms with Crippen molar-refractivity contribution >= 4 is 5.97 Å². The molecule has 4 nitrogen and oxygen atoms in total. The third-order valence-electron chi connectivity index (χ3n) is 4.84. The summed E-state index contributed by atoms with van der Waals surface area (Å²) in [6, 6.07) is 4.29. The van der Waals surface area contributed by atoms with E-state index in [1.54, 1.807) is 0 Å². The number of esters is 1. The summed E-state index contributed by atoms with van der Waals surface area (Å²) in [6.45, 7) is -0.585. The first kappa shape index (κ1) is 19.6. The Hall–Kier alpha value is -2.20. The Bertz CT molecular complexity index is 756. The van der Waals surface area contributed by atoms with Crippen molar-refractivity contribution in [2.24, 2.45) is 11.8 Å². The number of hydrogen-bond acceptors (Lipinski definition) is 4. The molecule has 0 aromatic heterocycles. The van der Waals surface area contributed by atoms with Gasteiger partial charge in [-0.15, -0.1) is 0 Å². The van der Waals surface area contributed by atoms with Crippen molar-refractivity contribution in [1.29, 1.82) is 0 Å². The van der Waals surface area contributed by atoms with Crippen LogP contribution in [0.15, 0.2) is 18.2 Å². The van der Waals surface area contributed by atoms with Crippen LogP contribution in [0.25, 0.3) is 0 Å². The van der Waals surface area contributed by atoms with Crippen molar-refractivity contribution in [2.45, 2.75) is 43.9 Å². The molecular weight excluding hydrogens is 361 g/mol. The van der Waals surface area contributed by atoms with Crippen LogP contribution in [0.2, 0.25) is 0 Å². The Labute approximate surface area is 155 Å². The molecule has 0 aliphatic heterocycles. The number of aliphatic hydroxyl groups is 1. The fraction of sp³-hybridized carbons (Fsp3) is 0.550. The molecule has 0 radical (unpaired) electrons. The largest absolute Gasteiger partial charge is 0.492 e. The fourth-order valence-electron chi connectivity index (χ4n) is 3.02. The van der Waals surface area contributed by atoms with Gasteiger partial charge in [-0.25, -0.2) is 4.79 Å². The van der Waals surface area contributed by atoms with Gasteiger partial charge in [-0.3, -0.25) is 0 Å². The van der Waals surface area contributed by atoms with Crippen molar-refractivity contribution < 1.29 is 32.5 Å². The van der Waals surface area contributed by atoms with Crippen LogP contribution >= 0.6 is 0 Å². The number of alkyl halides is 3. The van der Waals surface area contributed by atoms with E-state index in [2.05, 4.69) is 16.6 Å². The minimum atomic E-state index is -4.34. The van der Waals surface area contributed by atoms with Crippen molar-refractivity contribution in [3.8, 4) is 17.6 Å². The van der Waals surface area contributed by atoms with Crippen LogP contribution in [0.5, 0.6) is 5.75 Å². The van der Waals surface area contributed by atoms with E-state index in [0.717, 1.165) is 25.7 Å². The smallest absolute Gasteiger partial charge is 0.392 e. The minimum Gasteiger partial charge on any atom is -0.492 e. The van der Waals surface area contributed by atoms with Gasteiger partial charge in [-0.05, 0) is 55.7 Å². The molecule has 146 valence electrons. The van der Waals surface area contributed by atoms with Crippen LogP contribution in [0.1, 0.15) is 48.0 Å². The predicted molar refractivity (Wildman–Crippen MR) is 91.2 cm³/mol. The molecular formula is C20H21F3O4. The van der Waals surface area contributed by atoms with Gasteiger partial charge in [0.15, 0.2) is 0 Å². The van der Waals surface area contributed by atoms with Crippen molar-refractivity contribution in [2.75, 3.05) is 13.7 Å². The van der Waals surface area contributed by atoms with Crippen LogP contribution in [-0.2, 0) is 4.74 Å². The molecule has 0 saturated heterocycles. The van der Waals surface area contributed by atoms with Gasteiger partial charge in [0.05, 0.1) is 31.3 Å². The molecule has 2 saturated carbocycles. The normalized spacial score (nSPS) is 17.1. The topological polar surface area (TPSA) is 55.8 Å². The van der Waals surface area contributed by atoms with E-state index < -0.39 is 30.8 Å². The maximum Gasteiger partial charge on any atom is 0.392 e. The van der Waals surface area contributed by atoms with Gasteiger partial charge < -0.3 is 14.6 Å². The third kappa shape index (κ3) is 4.95. The number of carbonyl (C=O) groups is 1. The zero-order valence-corrected chi connectivity index (χ0v) is 14.9. The highest BCUT2D eigenvalue weighted by Crippen LogP contribution is 2.51. The van der Waals surface area contributed by atoms with E-state index in [9.17, 15) is 23.1 Å². The Morgan fingerprint density at radius 1 is 1.22 bits per heavy atom. The number of benzene rings is 1. The van der Waals surface area contributed by atoms with E-state index in [0.29, 0.717) is 5.56 Å². The molecule has 1 N–H and O–H groups in total. The molecule has 3 rings (SSSR count). The van der Waals surface area contributed by atoms with Crippen molar-refractivity contribution in [1.82, 2.24) is 0 Å². The monoisotopic (exact) mass is 382 g/mol. The van der Waals surface area contributed by atoms with Crippen molar-refractivity contribution in [3.05, 3.63) is 29.3 Å². The second kappa shape index (κ2) is 7.43. The lowest BCUT2D eigenvalue weighted by molar-refractivity contribution is -0.139. The fourth-order valence-corrected chi connectivity index (χ4v) is 3.02. The molecule has 0 atom stereocenters. The number of rotatable bonds is 6. The first-order valence-corrected chi connectivity index (χ1v) is 8.90. The van der Waals surface area contributed by atoms with E-state index >= 15 is 0 Å². The molecule has 27 heavy (non-hydrogen) atoms. The van der Waals surface area contributed by atoms with Gasteiger partial charge in [0.2, 0.25) is 0 Å². The number of carbonyl (C=O) groups excluding carboxylic acids is 1. The molecule has 1 aromatic rings. The standard InChI is InChI=1S/C20H21F3O4/c1-26-18(24)14-3-2-13(17(12-14)27-11-10-20(21,22)23)8-9-19(25,15-4-5-15)16-6-7-16/h2-3,12,15-16,25H,4-7,10-11H2,1H3. The summed E-state index contributed by atoms with van der Waals surface area (Å²) >= 11 is 0. The number of methoxy groups -OCH3 is 1. The molecule has 2 fully saturated rings. The molecule has 7 heteroatoms. The highest BCUT2D eigenvalue weighted by Gasteiger charge is 2.52. The number of hydrogen-bond donors (Lipinski definition) is 1. The highest BCUT2D eigenvalue weighted by atomic mass is 19.4. The Morgan fingerprint density at radius 3 is 2.37 bits per heavy atom. The van der Waals surface area contributed by atoms with Gasteiger partial charge in [-0.1, -0.05) is 11.8 Å². The Balaban J connectivity index is 1.84. The molecule has 0 amide bonds. The van der Waals surface area contributed by atoms with E-state index in [1.807, 2.05) is 0 Å². The quantitative estimate of drug-likeness (QED) is 0.602. The van der Waals surface area contributed by atoms with Crippen molar-refractivity contribution in [3.63, 3.8) is 0 Å². The van der Waals surface area contributed by atoms with Crippen LogP contribution in [0.4, 0.5) is 13.2 Å². The average molecular weight is 382 g/mol. The van der Waals surface area contributed by atoms with E-state index in [1.165, 1.54) is 25.3 Å². The summed E-state index contributed by atoms with van der Waals surface area (Å²) in [6.07, 6.45) is -1.74. The lowest BCUT2D eigenvalue weighted by atomic mass is 9.92. The van der Waals surface area contributed by atoms with Gasteiger partial charge in [0.25, 0.3) is 0 Å². The minimum absolute atomic E-state index is 0.0728. The Kier molecular flexibility index (Phi) is 5.38. The van der Waals surface area contributed by atoms with Crippen LogP contribution in [0.3, 0.4) is 0 Å². The molecule has 1 aromatic carbocycles. The first-order chi connectivity index (χ1) is 12.7. The SMILES string of the molecule is COC(=O)c1ccc(C#CC(O)(C2CC2)C2CC2)c(OCCC(F)(F)F)c1. The molecule has 0 unspecified atom stereocenters. The van der Waals surface area contributed by atoms with Gasteiger partial charge >= 0.3 is 12.1 Å². The molecule has 2 aliphatic rings. The van der Waals surface area contributed by atoms with Gasteiger partial charge in [-0.2, -0.15) is 13.2 Å². The second-order valence-electron chi connectivity index (χ2n) is 7.04. The number of halogens is 3. The lowest BCUT2D eigenvalue weighted by Crippen LogP contribution is -2.32. The lowest BCUT2D eigenvalue weighted by Gasteiger charge is -2.21. The predicted octanol–water partition coefficient (Wildman–Crippen LogP) is 3.71. The summed E-state index contributed by atoms with van der Waals surface area (Å²) in [7, 11) is 1.21. The highest BCUT2D eigenvalue weighted by molar-refractivity contribution is 5.90.